The summed E-state index contributed by atoms with van der Waals surface area (Å²) in [7, 11) is 0. The number of aromatic nitrogens is 1. The van der Waals surface area contributed by atoms with E-state index in [0.29, 0.717) is 17.6 Å². The van der Waals surface area contributed by atoms with E-state index in [2.05, 4.69) is 21.3 Å². The van der Waals surface area contributed by atoms with Crippen molar-refractivity contribution in [2.24, 2.45) is 0 Å². The van der Waals surface area contributed by atoms with Crippen LogP contribution in [0, 0.1) is 5.82 Å². The van der Waals surface area contributed by atoms with Crippen LogP contribution in [0.3, 0.4) is 0 Å². The summed E-state index contributed by atoms with van der Waals surface area (Å²) in [4.78, 5) is 17.6. The van der Waals surface area contributed by atoms with Gasteiger partial charge in [-0.1, -0.05) is 18.2 Å². The number of aromatic amines is 1. The first kappa shape index (κ1) is 18.3. The lowest BCUT2D eigenvalue weighted by Gasteiger charge is -2.41. The third kappa shape index (κ3) is 3.66. The van der Waals surface area contributed by atoms with Crippen molar-refractivity contribution in [3.8, 4) is 5.75 Å². The summed E-state index contributed by atoms with van der Waals surface area (Å²) < 4.78 is 19.9. The number of hydrogen-bond donors (Lipinski definition) is 2. The fraction of sp³-hybridized carbons (Fsp3) is 0.348. The van der Waals surface area contributed by atoms with Gasteiger partial charge in [0, 0.05) is 56.7 Å². The molecule has 1 spiro atoms. The van der Waals surface area contributed by atoms with Gasteiger partial charge in [0.25, 0.3) is 5.56 Å². The topological polar surface area (TPSA) is 57.4 Å². The molecule has 0 atom stereocenters. The molecule has 1 aromatic heterocycles. The normalized spacial score (nSPS) is 18.9. The minimum atomic E-state index is -0.346. The SMILES string of the molecule is O=c1[nH]c2cc(F)ccc2cc1CN1CCC2(CC1)CNCc1ccccc1O2. The zero-order valence-corrected chi connectivity index (χ0v) is 16.2. The van der Waals surface area contributed by atoms with Gasteiger partial charge in [0.2, 0.25) is 0 Å². The minimum Gasteiger partial charge on any atom is -0.486 e. The second-order valence-corrected chi connectivity index (χ2v) is 8.13. The molecule has 5 rings (SSSR count). The molecule has 29 heavy (non-hydrogen) atoms. The number of para-hydroxylation sites is 1. The Hall–Kier alpha value is -2.70. The number of pyridine rings is 1. The first-order valence-electron chi connectivity index (χ1n) is 10.1. The van der Waals surface area contributed by atoms with E-state index in [0.717, 1.165) is 50.2 Å². The highest BCUT2D eigenvalue weighted by molar-refractivity contribution is 5.78. The zero-order chi connectivity index (χ0) is 19.8. The van der Waals surface area contributed by atoms with E-state index in [1.165, 1.54) is 17.7 Å². The lowest BCUT2D eigenvalue weighted by atomic mass is 9.90. The summed E-state index contributed by atoms with van der Waals surface area (Å²) in [5.74, 6) is 0.630. The van der Waals surface area contributed by atoms with Gasteiger partial charge in [-0.15, -0.1) is 0 Å². The fourth-order valence-electron chi connectivity index (χ4n) is 4.42. The molecule has 1 saturated heterocycles. The maximum absolute atomic E-state index is 13.4. The Balaban J connectivity index is 1.30. The van der Waals surface area contributed by atoms with Crippen LogP contribution in [0.4, 0.5) is 4.39 Å². The molecule has 0 bridgehead atoms. The number of fused-ring (bicyclic) bond motifs is 2. The number of ether oxygens (including phenoxy) is 1. The van der Waals surface area contributed by atoms with E-state index < -0.39 is 0 Å². The minimum absolute atomic E-state index is 0.148. The highest BCUT2D eigenvalue weighted by Crippen LogP contribution is 2.33. The largest absolute Gasteiger partial charge is 0.486 e. The summed E-state index contributed by atoms with van der Waals surface area (Å²) in [5.41, 5.74) is 2.10. The number of rotatable bonds is 2. The maximum Gasteiger partial charge on any atom is 0.252 e. The van der Waals surface area contributed by atoms with Crippen molar-refractivity contribution < 1.29 is 9.13 Å². The van der Waals surface area contributed by atoms with Gasteiger partial charge in [-0.05, 0) is 35.7 Å². The van der Waals surface area contributed by atoms with Crippen molar-refractivity contribution in [1.82, 2.24) is 15.2 Å². The number of halogens is 1. The number of benzene rings is 2. The Bertz CT molecular complexity index is 1100. The molecule has 5 nitrogen and oxygen atoms in total. The smallest absolute Gasteiger partial charge is 0.252 e. The van der Waals surface area contributed by atoms with Crippen molar-refractivity contribution in [1.29, 1.82) is 0 Å². The van der Waals surface area contributed by atoms with Crippen LogP contribution in [0.1, 0.15) is 24.0 Å². The van der Waals surface area contributed by atoms with Crippen LogP contribution in [0.5, 0.6) is 5.75 Å². The molecule has 3 aromatic rings. The van der Waals surface area contributed by atoms with Crippen molar-refractivity contribution in [2.75, 3.05) is 19.6 Å². The highest BCUT2D eigenvalue weighted by Gasteiger charge is 2.38. The summed E-state index contributed by atoms with van der Waals surface area (Å²) in [6, 6.07) is 14.6. The molecule has 0 aliphatic carbocycles. The molecule has 6 heteroatoms. The van der Waals surface area contributed by atoms with Crippen LogP contribution in [-0.4, -0.2) is 35.1 Å². The first-order valence-corrected chi connectivity index (χ1v) is 10.1. The van der Waals surface area contributed by atoms with Crippen LogP contribution < -0.4 is 15.6 Å². The van der Waals surface area contributed by atoms with E-state index in [4.69, 9.17) is 4.74 Å². The van der Waals surface area contributed by atoms with E-state index >= 15 is 0 Å². The van der Waals surface area contributed by atoms with Crippen LogP contribution in [0.15, 0.2) is 53.3 Å². The molecule has 3 heterocycles. The third-order valence-electron chi connectivity index (χ3n) is 6.11. The Morgan fingerprint density at radius 2 is 1.93 bits per heavy atom. The van der Waals surface area contributed by atoms with Crippen molar-refractivity contribution in [2.45, 2.75) is 31.5 Å². The van der Waals surface area contributed by atoms with E-state index in [9.17, 15) is 9.18 Å². The van der Waals surface area contributed by atoms with Gasteiger partial charge >= 0.3 is 0 Å². The molecule has 2 aliphatic rings. The van der Waals surface area contributed by atoms with Gasteiger partial charge in [-0.2, -0.15) is 0 Å². The second kappa shape index (κ2) is 7.28. The van der Waals surface area contributed by atoms with Crippen LogP contribution >= 0.6 is 0 Å². The number of nitrogens with zero attached hydrogens (tertiary/aromatic N) is 1. The molecule has 1 fully saturated rings. The van der Waals surface area contributed by atoms with Gasteiger partial charge in [-0.3, -0.25) is 9.69 Å². The van der Waals surface area contributed by atoms with Gasteiger partial charge < -0.3 is 15.0 Å². The average molecular weight is 393 g/mol. The van der Waals surface area contributed by atoms with E-state index in [1.807, 2.05) is 24.3 Å². The van der Waals surface area contributed by atoms with Crippen LogP contribution in [0.2, 0.25) is 0 Å². The Morgan fingerprint density at radius 3 is 2.79 bits per heavy atom. The molecular weight excluding hydrogens is 369 g/mol. The quantitative estimate of drug-likeness (QED) is 0.702. The van der Waals surface area contributed by atoms with Crippen LogP contribution in [-0.2, 0) is 13.1 Å². The monoisotopic (exact) mass is 393 g/mol. The molecule has 0 amide bonds. The molecule has 150 valence electrons. The predicted octanol–water partition coefficient (Wildman–Crippen LogP) is 3.18. The zero-order valence-electron chi connectivity index (χ0n) is 16.2. The standard InChI is InChI=1S/C23H24FN3O2/c24-19-6-5-16-11-18(22(28)26-20(16)12-19)14-27-9-7-23(8-10-27)15-25-13-17-3-1-2-4-21(17)29-23/h1-6,11-12,25H,7-10,13-15H2,(H,26,28). The van der Waals surface area contributed by atoms with E-state index in [1.54, 1.807) is 6.07 Å². The fourth-order valence-corrected chi connectivity index (χ4v) is 4.42. The van der Waals surface area contributed by atoms with Crippen molar-refractivity contribution >= 4 is 10.9 Å². The molecular formula is C23H24FN3O2. The van der Waals surface area contributed by atoms with Crippen molar-refractivity contribution in [3.63, 3.8) is 0 Å². The van der Waals surface area contributed by atoms with Crippen molar-refractivity contribution in [3.05, 3.63) is 75.8 Å². The number of piperidine rings is 1. The van der Waals surface area contributed by atoms with Gasteiger partial charge in [0.15, 0.2) is 0 Å². The van der Waals surface area contributed by atoms with Crippen LogP contribution in [0.25, 0.3) is 10.9 Å². The Kier molecular flexibility index (Phi) is 4.60. The molecule has 0 unspecified atom stereocenters. The van der Waals surface area contributed by atoms with Gasteiger partial charge in [0.1, 0.15) is 17.2 Å². The number of likely N-dealkylation sites (tertiary alicyclic amines) is 1. The molecule has 2 aliphatic heterocycles. The lowest BCUT2D eigenvalue weighted by Crippen LogP contribution is -2.52. The summed E-state index contributed by atoms with van der Waals surface area (Å²) in [6.07, 6.45) is 1.82. The highest BCUT2D eigenvalue weighted by atomic mass is 19.1. The molecule has 0 radical (unpaired) electrons. The number of hydrogen-bond acceptors (Lipinski definition) is 4. The lowest BCUT2D eigenvalue weighted by molar-refractivity contribution is 0.00369. The third-order valence-corrected chi connectivity index (χ3v) is 6.11. The predicted molar refractivity (Wildman–Crippen MR) is 111 cm³/mol. The summed E-state index contributed by atoms with van der Waals surface area (Å²) in [5, 5.41) is 4.38. The van der Waals surface area contributed by atoms with Gasteiger partial charge in [-0.25, -0.2) is 4.39 Å². The number of nitrogens with one attached hydrogen (secondary N) is 2. The van der Waals surface area contributed by atoms with E-state index in [-0.39, 0.29) is 17.0 Å². The second-order valence-electron chi connectivity index (χ2n) is 8.13. The molecule has 2 aromatic carbocycles. The maximum atomic E-state index is 13.4. The Labute approximate surface area is 168 Å². The first-order chi connectivity index (χ1) is 14.1. The molecule has 2 N–H and O–H groups in total. The summed E-state index contributed by atoms with van der Waals surface area (Å²) in [6.45, 7) is 3.98. The molecule has 0 saturated carbocycles. The average Bonchev–Trinajstić information content (AvgIpc) is 2.89. The number of H-pyrrole nitrogens is 1. The Morgan fingerprint density at radius 1 is 1.10 bits per heavy atom. The summed E-state index contributed by atoms with van der Waals surface area (Å²) >= 11 is 0. The van der Waals surface area contributed by atoms with Gasteiger partial charge in [0.05, 0.1) is 5.52 Å².